The molecule has 4 atom stereocenters. The molecule has 2 aliphatic rings. The topological polar surface area (TPSA) is 96.3 Å². The first-order valence-corrected chi connectivity index (χ1v) is 11.7. The van der Waals surface area contributed by atoms with Gasteiger partial charge in [-0.15, -0.1) is 0 Å². The summed E-state index contributed by atoms with van der Waals surface area (Å²) in [5, 5.41) is 16.5. The van der Waals surface area contributed by atoms with Crippen molar-refractivity contribution < 1.29 is 9.90 Å². The number of nitrogens with zero attached hydrogens (tertiary/aromatic N) is 2. The molecular weight excluding hydrogens is 428 g/mol. The van der Waals surface area contributed by atoms with Crippen LogP contribution in [0.15, 0.2) is 71.8 Å². The molecule has 7 nitrogen and oxygen atoms in total. The third kappa shape index (κ3) is 4.32. The van der Waals surface area contributed by atoms with E-state index in [9.17, 15) is 14.7 Å². The molecule has 34 heavy (non-hydrogen) atoms. The number of pyridine rings is 2. The molecule has 1 aromatic carbocycles. The van der Waals surface area contributed by atoms with E-state index in [2.05, 4.69) is 15.6 Å². The molecule has 174 valence electrons. The van der Waals surface area contributed by atoms with E-state index < -0.39 is 6.04 Å². The van der Waals surface area contributed by atoms with E-state index in [-0.39, 0.29) is 36.0 Å². The molecule has 2 aliphatic heterocycles. The lowest BCUT2D eigenvalue weighted by Gasteiger charge is -2.21. The van der Waals surface area contributed by atoms with Gasteiger partial charge in [0.2, 0.25) is 5.91 Å². The third-order valence-corrected chi connectivity index (χ3v) is 6.93. The second-order valence-corrected chi connectivity index (χ2v) is 8.90. The number of aromatic nitrogens is 2. The van der Waals surface area contributed by atoms with Crippen LogP contribution in [0.5, 0.6) is 0 Å². The van der Waals surface area contributed by atoms with Crippen LogP contribution in [0, 0.1) is 11.8 Å². The number of fused-ring (bicyclic) bond motifs is 3. The van der Waals surface area contributed by atoms with Gasteiger partial charge in [0.1, 0.15) is 0 Å². The molecule has 0 unspecified atom stereocenters. The zero-order valence-electron chi connectivity index (χ0n) is 18.8. The number of hydrogen-bond donors (Lipinski definition) is 3. The smallest absolute Gasteiger partial charge is 0.258 e. The Labute approximate surface area is 198 Å². The van der Waals surface area contributed by atoms with Crippen LogP contribution in [0.25, 0.3) is 12.2 Å². The summed E-state index contributed by atoms with van der Waals surface area (Å²) in [7, 11) is 0. The van der Waals surface area contributed by atoms with Crippen molar-refractivity contribution >= 4 is 18.1 Å². The molecule has 3 aromatic rings. The predicted molar refractivity (Wildman–Crippen MR) is 131 cm³/mol. The Morgan fingerprint density at radius 1 is 1.12 bits per heavy atom. The lowest BCUT2D eigenvalue weighted by molar-refractivity contribution is -0.124. The van der Waals surface area contributed by atoms with E-state index >= 15 is 0 Å². The lowest BCUT2D eigenvalue weighted by Crippen LogP contribution is -2.46. The monoisotopic (exact) mass is 456 g/mol. The number of hydrogen-bond acceptors (Lipinski definition) is 5. The third-order valence-electron chi connectivity index (χ3n) is 6.93. The Morgan fingerprint density at radius 3 is 2.68 bits per heavy atom. The van der Waals surface area contributed by atoms with Gasteiger partial charge in [0.15, 0.2) is 0 Å². The van der Waals surface area contributed by atoms with Crippen LogP contribution in [0.2, 0.25) is 0 Å². The van der Waals surface area contributed by atoms with E-state index in [1.54, 1.807) is 17.0 Å². The molecule has 2 aromatic heterocycles. The van der Waals surface area contributed by atoms with Gasteiger partial charge in [-0.05, 0) is 47.9 Å². The van der Waals surface area contributed by atoms with Gasteiger partial charge in [0, 0.05) is 55.2 Å². The van der Waals surface area contributed by atoms with Crippen molar-refractivity contribution in [2.45, 2.75) is 25.0 Å². The summed E-state index contributed by atoms with van der Waals surface area (Å²) in [4.78, 5) is 30.1. The standard InChI is InChI=1S/C27H28N4O3/c32-17-22-21-16-31-23(9-8-20(27(31)34)7-6-18-4-2-1-3-5-18)24(21)30-25(22)26(33)29-15-12-19-10-13-28-14-11-19/h1-11,13-14,21-22,24-25,30,32H,12,15-17H2,(H,29,33)/b7-6+/t21-,22-,24+,25-/m1/s1. The quantitative estimate of drug-likeness (QED) is 0.506. The average molecular weight is 457 g/mol. The number of aliphatic hydroxyl groups is 1. The minimum absolute atomic E-state index is 0.0120. The lowest BCUT2D eigenvalue weighted by atomic mass is 9.88. The molecule has 7 heteroatoms. The number of aliphatic hydroxyl groups excluding tert-OH is 1. The number of carbonyl (C=O) groups excluding carboxylic acids is 1. The number of carbonyl (C=O) groups is 1. The van der Waals surface area contributed by atoms with Gasteiger partial charge in [-0.25, -0.2) is 0 Å². The van der Waals surface area contributed by atoms with E-state index in [0.717, 1.165) is 23.2 Å². The number of benzene rings is 1. The molecule has 0 bridgehead atoms. The fourth-order valence-corrected chi connectivity index (χ4v) is 5.14. The molecule has 4 heterocycles. The number of amides is 1. The largest absolute Gasteiger partial charge is 0.396 e. The summed E-state index contributed by atoms with van der Waals surface area (Å²) < 4.78 is 1.78. The van der Waals surface area contributed by atoms with Crippen LogP contribution in [0.3, 0.4) is 0 Å². The van der Waals surface area contributed by atoms with Crippen LogP contribution in [-0.2, 0) is 17.8 Å². The molecule has 5 rings (SSSR count). The second-order valence-electron chi connectivity index (χ2n) is 8.90. The van der Waals surface area contributed by atoms with Crippen molar-refractivity contribution in [3.05, 3.63) is 99.7 Å². The fourth-order valence-electron chi connectivity index (χ4n) is 5.14. The molecule has 3 N–H and O–H groups in total. The van der Waals surface area contributed by atoms with Crippen molar-refractivity contribution in [2.24, 2.45) is 11.8 Å². The Balaban J connectivity index is 1.28. The van der Waals surface area contributed by atoms with Crippen molar-refractivity contribution in [2.75, 3.05) is 13.2 Å². The first-order chi connectivity index (χ1) is 16.7. The zero-order chi connectivity index (χ0) is 23.5. The molecule has 0 aliphatic carbocycles. The van der Waals surface area contributed by atoms with Crippen molar-refractivity contribution in [1.29, 1.82) is 0 Å². The molecule has 1 fully saturated rings. The first-order valence-electron chi connectivity index (χ1n) is 11.7. The minimum atomic E-state index is -0.487. The van der Waals surface area contributed by atoms with Crippen molar-refractivity contribution in [3.63, 3.8) is 0 Å². The molecule has 0 radical (unpaired) electrons. The number of nitrogens with one attached hydrogen (secondary N) is 2. The highest BCUT2D eigenvalue weighted by molar-refractivity contribution is 5.82. The van der Waals surface area contributed by atoms with Gasteiger partial charge >= 0.3 is 0 Å². The first kappa shape index (κ1) is 22.3. The number of rotatable bonds is 7. The Morgan fingerprint density at radius 2 is 1.91 bits per heavy atom. The van der Waals surface area contributed by atoms with Crippen molar-refractivity contribution in [1.82, 2.24) is 20.2 Å². The van der Waals surface area contributed by atoms with Gasteiger partial charge in [-0.1, -0.05) is 36.4 Å². The highest BCUT2D eigenvalue weighted by Crippen LogP contribution is 2.42. The summed E-state index contributed by atoms with van der Waals surface area (Å²) in [5.74, 6) is -0.380. The normalized spacial score (nSPS) is 23.1. The van der Waals surface area contributed by atoms with E-state index in [0.29, 0.717) is 18.7 Å². The molecular formula is C27H28N4O3. The average Bonchev–Trinajstić information content (AvgIpc) is 3.41. The Hall–Kier alpha value is -3.55. The molecule has 1 saturated heterocycles. The molecule has 0 saturated carbocycles. The summed E-state index contributed by atoms with van der Waals surface area (Å²) >= 11 is 0. The minimum Gasteiger partial charge on any atom is -0.396 e. The summed E-state index contributed by atoms with van der Waals surface area (Å²) in [6.45, 7) is 0.895. The van der Waals surface area contributed by atoms with Crippen LogP contribution < -0.4 is 16.2 Å². The maximum atomic E-state index is 13.1. The highest BCUT2D eigenvalue weighted by Gasteiger charge is 2.50. The Kier molecular flexibility index (Phi) is 6.38. The van der Waals surface area contributed by atoms with Gasteiger partial charge < -0.3 is 15.0 Å². The predicted octanol–water partition coefficient (Wildman–Crippen LogP) is 2.02. The molecule has 0 spiro atoms. The van der Waals surface area contributed by atoms with E-state index in [1.165, 1.54) is 0 Å². The van der Waals surface area contributed by atoms with Gasteiger partial charge in [-0.2, -0.15) is 0 Å². The van der Waals surface area contributed by atoms with Gasteiger partial charge in [-0.3, -0.25) is 19.9 Å². The van der Waals surface area contributed by atoms with E-state index in [4.69, 9.17) is 0 Å². The van der Waals surface area contributed by atoms with E-state index in [1.807, 2.05) is 66.7 Å². The summed E-state index contributed by atoms with van der Waals surface area (Å²) in [5.41, 5.74) is 3.59. The van der Waals surface area contributed by atoms with Crippen LogP contribution >= 0.6 is 0 Å². The Bertz CT molecular complexity index is 1240. The SMILES string of the molecule is O=C(NCCc1ccncc1)[C@@H]1N[C@@H]2c3ccc(/C=C/c4ccccc4)c(=O)n3C[C@@H]2[C@H]1CO. The fraction of sp³-hybridized carbons (Fsp3) is 0.296. The van der Waals surface area contributed by atoms with Gasteiger partial charge in [0.25, 0.3) is 5.56 Å². The summed E-state index contributed by atoms with van der Waals surface area (Å²) in [6.07, 6.45) is 7.96. The van der Waals surface area contributed by atoms with Crippen LogP contribution in [0.1, 0.15) is 28.4 Å². The van der Waals surface area contributed by atoms with Crippen LogP contribution in [0.4, 0.5) is 0 Å². The van der Waals surface area contributed by atoms with Gasteiger partial charge in [0.05, 0.1) is 12.1 Å². The zero-order valence-corrected chi connectivity index (χ0v) is 18.8. The molecule has 1 amide bonds. The second kappa shape index (κ2) is 9.75. The highest BCUT2D eigenvalue weighted by atomic mass is 16.3. The van der Waals surface area contributed by atoms with Crippen molar-refractivity contribution in [3.8, 4) is 0 Å². The summed E-state index contributed by atoms with van der Waals surface area (Å²) in [6, 6.07) is 16.9. The maximum Gasteiger partial charge on any atom is 0.258 e. The van der Waals surface area contributed by atoms with Crippen LogP contribution in [-0.4, -0.2) is 39.8 Å². The maximum absolute atomic E-state index is 13.1.